The van der Waals surface area contributed by atoms with Crippen LogP contribution in [0.15, 0.2) is 66.7 Å². The lowest BCUT2D eigenvalue weighted by atomic mass is 10.1. The van der Waals surface area contributed by atoms with E-state index < -0.39 is 0 Å². The Labute approximate surface area is 191 Å². The second-order valence-electron chi connectivity index (χ2n) is 7.64. The van der Waals surface area contributed by atoms with Crippen molar-refractivity contribution in [3.05, 3.63) is 100 Å². The normalized spacial score (nSPS) is 12.6. The van der Waals surface area contributed by atoms with Crippen LogP contribution in [0.4, 0.5) is 4.39 Å². The van der Waals surface area contributed by atoms with Gasteiger partial charge in [0.25, 0.3) is 17.7 Å². The van der Waals surface area contributed by atoms with Gasteiger partial charge in [-0.1, -0.05) is 30.3 Å². The van der Waals surface area contributed by atoms with Gasteiger partial charge in [-0.05, 0) is 60.9 Å². The van der Waals surface area contributed by atoms with E-state index in [-0.39, 0.29) is 30.1 Å². The molecule has 0 saturated carbocycles. The van der Waals surface area contributed by atoms with E-state index >= 15 is 0 Å². The van der Waals surface area contributed by atoms with E-state index in [1.807, 2.05) is 6.92 Å². The summed E-state index contributed by atoms with van der Waals surface area (Å²) in [6, 6.07) is 17.9. The number of halogens is 1. The number of nitrogens with one attached hydrogen (secondary N) is 1. The Kier molecular flexibility index (Phi) is 6.49. The van der Waals surface area contributed by atoms with E-state index in [0.29, 0.717) is 47.6 Å². The number of imide groups is 1. The summed E-state index contributed by atoms with van der Waals surface area (Å²) in [4.78, 5) is 39.4. The third-order valence-corrected chi connectivity index (χ3v) is 5.42. The van der Waals surface area contributed by atoms with Crippen molar-refractivity contribution >= 4 is 17.7 Å². The molecule has 0 bridgehead atoms. The van der Waals surface area contributed by atoms with Gasteiger partial charge in [-0.2, -0.15) is 0 Å². The van der Waals surface area contributed by atoms with E-state index in [1.54, 1.807) is 54.6 Å². The Morgan fingerprint density at radius 2 is 1.58 bits per heavy atom. The first-order valence-corrected chi connectivity index (χ1v) is 10.7. The Balaban J connectivity index is 1.48. The van der Waals surface area contributed by atoms with Crippen LogP contribution in [-0.4, -0.2) is 35.8 Å². The number of fused-ring (bicyclic) bond motifs is 1. The lowest BCUT2D eigenvalue weighted by Crippen LogP contribution is -2.30. The van der Waals surface area contributed by atoms with Crippen molar-refractivity contribution in [2.24, 2.45) is 0 Å². The zero-order chi connectivity index (χ0) is 23.4. The summed E-state index contributed by atoms with van der Waals surface area (Å²) in [7, 11) is 0. The SMILES string of the molecule is CCOc1ccc(CN2C(=O)c3ccccc3C2=O)cc1C(=O)NCCc1ccc(F)cc1. The molecule has 1 aliphatic heterocycles. The van der Waals surface area contributed by atoms with E-state index in [2.05, 4.69) is 5.32 Å². The minimum Gasteiger partial charge on any atom is -0.493 e. The first kappa shape index (κ1) is 22.2. The molecule has 168 valence electrons. The maximum absolute atomic E-state index is 13.1. The fourth-order valence-corrected chi connectivity index (χ4v) is 3.77. The topological polar surface area (TPSA) is 75.7 Å². The fraction of sp³-hybridized carbons (Fsp3) is 0.192. The van der Waals surface area contributed by atoms with Gasteiger partial charge in [0.05, 0.1) is 29.8 Å². The highest BCUT2D eigenvalue weighted by Crippen LogP contribution is 2.26. The van der Waals surface area contributed by atoms with Crippen LogP contribution >= 0.6 is 0 Å². The molecule has 3 aromatic rings. The number of carbonyl (C=O) groups is 3. The largest absolute Gasteiger partial charge is 0.493 e. The molecule has 33 heavy (non-hydrogen) atoms. The number of amides is 3. The summed E-state index contributed by atoms with van der Waals surface area (Å²) < 4.78 is 18.7. The molecule has 1 aliphatic rings. The number of ether oxygens (including phenoxy) is 1. The molecule has 1 N–H and O–H groups in total. The van der Waals surface area contributed by atoms with E-state index in [0.717, 1.165) is 5.56 Å². The van der Waals surface area contributed by atoms with Crippen LogP contribution in [0.5, 0.6) is 5.75 Å². The molecule has 6 nitrogen and oxygen atoms in total. The maximum atomic E-state index is 13.1. The van der Waals surface area contributed by atoms with Crippen molar-refractivity contribution in [3.8, 4) is 5.75 Å². The second-order valence-corrected chi connectivity index (χ2v) is 7.64. The first-order chi connectivity index (χ1) is 16.0. The molecule has 0 spiro atoms. The summed E-state index contributed by atoms with van der Waals surface area (Å²) >= 11 is 0. The Hall–Kier alpha value is -4.00. The molecular formula is C26H23FN2O4. The summed E-state index contributed by atoms with van der Waals surface area (Å²) in [5, 5.41) is 2.85. The van der Waals surface area contributed by atoms with Gasteiger partial charge in [0.15, 0.2) is 0 Å². The Bertz CT molecular complexity index is 1170. The summed E-state index contributed by atoms with van der Waals surface area (Å²) in [6.07, 6.45) is 0.546. The number of nitrogens with zero attached hydrogens (tertiary/aromatic N) is 1. The maximum Gasteiger partial charge on any atom is 0.261 e. The predicted octanol–water partition coefficient (Wildman–Crippen LogP) is 3.99. The van der Waals surface area contributed by atoms with Crippen LogP contribution in [0.1, 0.15) is 49.1 Å². The van der Waals surface area contributed by atoms with Gasteiger partial charge in [0.1, 0.15) is 11.6 Å². The van der Waals surface area contributed by atoms with Crippen molar-refractivity contribution in [3.63, 3.8) is 0 Å². The van der Waals surface area contributed by atoms with E-state index in [1.165, 1.54) is 17.0 Å². The average Bonchev–Trinajstić information content (AvgIpc) is 3.06. The molecule has 0 atom stereocenters. The van der Waals surface area contributed by atoms with Crippen LogP contribution in [0.25, 0.3) is 0 Å². The van der Waals surface area contributed by atoms with Crippen LogP contribution in [0.2, 0.25) is 0 Å². The number of hydrogen-bond acceptors (Lipinski definition) is 4. The van der Waals surface area contributed by atoms with Crippen LogP contribution < -0.4 is 10.1 Å². The highest BCUT2D eigenvalue weighted by molar-refractivity contribution is 6.21. The number of carbonyl (C=O) groups excluding carboxylic acids is 3. The minimum atomic E-state index is -0.352. The van der Waals surface area contributed by atoms with Crippen LogP contribution in [-0.2, 0) is 13.0 Å². The zero-order valence-electron chi connectivity index (χ0n) is 18.1. The molecule has 0 fully saturated rings. The Morgan fingerprint density at radius 1 is 0.939 bits per heavy atom. The highest BCUT2D eigenvalue weighted by Gasteiger charge is 2.35. The smallest absolute Gasteiger partial charge is 0.261 e. The third kappa shape index (κ3) is 4.77. The van der Waals surface area contributed by atoms with Crippen molar-refractivity contribution in [1.29, 1.82) is 0 Å². The predicted molar refractivity (Wildman–Crippen MR) is 121 cm³/mol. The van der Waals surface area contributed by atoms with Gasteiger partial charge in [-0.25, -0.2) is 4.39 Å². The first-order valence-electron chi connectivity index (χ1n) is 10.7. The molecule has 3 amide bonds. The van der Waals surface area contributed by atoms with Gasteiger partial charge >= 0.3 is 0 Å². The minimum absolute atomic E-state index is 0.0502. The molecule has 1 heterocycles. The average molecular weight is 446 g/mol. The molecule has 0 aromatic heterocycles. The third-order valence-electron chi connectivity index (χ3n) is 5.42. The summed E-state index contributed by atoms with van der Waals surface area (Å²) in [5.41, 5.74) is 2.63. The number of benzene rings is 3. The molecule has 4 rings (SSSR count). The van der Waals surface area contributed by atoms with E-state index in [4.69, 9.17) is 4.74 Å². The zero-order valence-corrected chi connectivity index (χ0v) is 18.1. The van der Waals surface area contributed by atoms with Gasteiger partial charge in [-0.3, -0.25) is 19.3 Å². The van der Waals surface area contributed by atoms with Crippen molar-refractivity contribution in [2.45, 2.75) is 19.9 Å². The molecular weight excluding hydrogens is 423 g/mol. The quantitative estimate of drug-likeness (QED) is 0.531. The number of rotatable bonds is 8. The van der Waals surface area contributed by atoms with Gasteiger partial charge in [-0.15, -0.1) is 0 Å². The highest BCUT2D eigenvalue weighted by atomic mass is 19.1. The Morgan fingerprint density at radius 3 is 2.21 bits per heavy atom. The number of hydrogen-bond donors (Lipinski definition) is 1. The van der Waals surface area contributed by atoms with Gasteiger partial charge in [0.2, 0.25) is 0 Å². The standard InChI is InChI=1S/C26H23FN2O4/c1-2-33-23-12-9-18(16-29-25(31)20-5-3-4-6-21(20)26(29)32)15-22(23)24(30)28-14-13-17-7-10-19(27)11-8-17/h3-12,15H,2,13-14,16H2,1H3,(H,28,30). The lowest BCUT2D eigenvalue weighted by Gasteiger charge is -2.16. The molecule has 0 unspecified atom stereocenters. The summed E-state index contributed by atoms with van der Waals surface area (Å²) in [6.45, 7) is 2.61. The lowest BCUT2D eigenvalue weighted by molar-refractivity contribution is 0.0642. The van der Waals surface area contributed by atoms with Gasteiger partial charge in [0, 0.05) is 6.54 Å². The molecule has 0 saturated heterocycles. The van der Waals surface area contributed by atoms with Crippen LogP contribution in [0, 0.1) is 5.82 Å². The van der Waals surface area contributed by atoms with Gasteiger partial charge < -0.3 is 10.1 Å². The summed E-state index contributed by atoms with van der Waals surface area (Å²) in [5.74, 6) is -0.920. The molecule has 7 heteroatoms. The van der Waals surface area contributed by atoms with Crippen molar-refractivity contribution < 1.29 is 23.5 Å². The van der Waals surface area contributed by atoms with Crippen molar-refractivity contribution in [1.82, 2.24) is 10.2 Å². The van der Waals surface area contributed by atoms with E-state index in [9.17, 15) is 18.8 Å². The molecule has 0 radical (unpaired) electrons. The fourth-order valence-electron chi connectivity index (χ4n) is 3.77. The molecule has 3 aromatic carbocycles. The molecule has 0 aliphatic carbocycles. The monoisotopic (exact) mass is 446 g/mol. The van der Waals surface area contributed by atoms with Crippen LogP contribution in [0.3, 0.4) is 0 Å². The second kappa shape index (κ2) is 9.65. The van der Waals surface area contributed by atoms with Crippen molar-refractivity contribution in [2.75, 3.05) is 13.2 Å².